The number of benzene rings is 2. The van der Waals surface area contributed by atoms with Gasteiger partial charge < -0.3 is 9.47 Å². The smallest absolute Gasteiger partial charge is 0.338 e. The predicted octanol–water partition coefficient (Wildman–Crippen LogP) is 4.12. The molecular formula is C22H21BrN2O4. The summed E-state index contributed by atoms with van der Waals surface area (Å²) in [7, 11) is 0. The van der Waals surface area contributed by atoms with Crippen LogP contribution in [0.25, 0.3) is 10.9 Å². The first-order valence-corrected chi connectivity index (χ1v) is 10.5. The molecule has 0 saturated carbocycles. The monoisotopic (exact) mass is 456 g/mol. The molecule has 0 N–H and O–H groups in total. The van der Waals surface area contributed by atoms with Crippen molar-refractivity contribution in [2.75, 3.05) is 13.2 Å². The van der Waals surface area contributed by atoms with Gasteiger partial charge in [-0.1, -0.05) is 22.4 Å². The van der Waals surface area contributed by atoms with Crippen molar-refractivity contribution >= 4 is 32.8 Å². The molecule has 29 heavy (non-hydrogen) atoms. The first kappa shape index (κ1) is 19.6. The van der Waals surface area contributed by atoms with Crippen molar-refractivity contribution in [3.8, 4) is 5.75 Å². The van der Waals surface area contributed by atoms with Crippen LogP contribution < -0.4 is 10.3 Å². The molecule has 150 valence electrons. The van der Waals surface area contributed by atoms with Crippen LogP contribution in [-0.4, -0.2) is 28.7 Å². The Labute approximate surface area is 176 Å². The summed E-state index contributed by atoms with van der Waals surface area (Å²) < 4.78 is 13.6. The number of carbonyl (C=O) groups is 1. The molecule has 7 heteroatoms. The second-order valence-corrected chi connectivity index (χ2v) is 7.88. The third-order valence-corrected chi connectivity index (χ3v) is 5.48. The Morgan fingerprint density at radius 3 is 2.72 bits per heavy atom. The molecule has 1 aliphatic heterocycles. The van der Waals surface area contributed by atoms with Gasteiger partial charge in [0.15, 0.2) is 0 Å². The van der Waals surface area contributed by atoms with E-state index in [1.807, 2.05) is 24.3 Å². The fourth-order valence-electron chi connectivity index (χ4n) is 3.45. The van der Waals surface area contributed by atoms with E-state index in [1.54, 1.807) is 22.8 Å². The first-order chi connectivity index (χ1) is 14.1. The van der Waals surface area contributed by atoms with Crippen LogP contribution in [0.3, 0.4) is 0 Å². The summed E-state index contributed by atoms with van der Waals surface area (Å²) in [6, 6.07) is 12.4. The van der Waals surface area contributed by atoms with E-state index in [-0.39, 0.29) is 18.8 Å². The lowest BCUT2D eigenvalue weighted by atomic mass is 10.1. The van der Waals surface area contributed by atoms with Gasteiger partial charge >= 0.3 is 5.97 Å². The van der Waals surface area contributed by atoms with Gasteiger partial charge in [0.25, 0.3) is 5.56 Å². The van der Waals surface area contributed by atoms with Crippen LogP contribution in [0.15, 0.2) is 51.7 Å². The number of hydrogen-bond donors (Lipinski definition) is 0. The Hall–Kier alpha value is -2.67. The molecule has 0 amide bonds. The van der Waals surface area contributed by atoms with Crippen molar-refractivity contribution < 1.29 is 14.3 Å². The Kier molecular flexibility index (Phi) is 5.94. The minimum Gasteiger partial charge on any atom is -0.490 e. The van der Waals surface area contributed by atoms with E-state index in [2.05, 4.69) is 20.9 Å². The van der Waals surface area contributed by atoms with Crippen LogP contribution in [0.1, 0.15) is 35.4 Å². The second-order valence-electron chi connectivity index (χ2n) is 6.97. The number of hydrogen-bond acceptors (Lipinski definition) is 5. The number of halogens is 1. The zero-order valence-corrected chi connectivity index (χ0v) is 17.5. The minimum absolute atomic E-state index is 0.0327. The van der Waals surface area contributed by atoms with Gasteiger partial charge in [-0.05, 0) is 55.3 Å². The maximum absolute atomic E-state index is 12.8. The van der Waals surface area contributed by atoms with Crippen LogP contribution >= 0.6 is 15.9 Å². The predicted molar refractivity (Wildman–Crippen MR) is 113 cm³/mol. The SMILES string of the molecule is O=C(OCCOc1ccc(Br)cc1)c1ccc2c(=O)n3c(nc2c1)CCCCC3. The van der Waals surface area contributed by atoms with Crippen molar-refractivity contribution in [2.24, 2.45) is 0 Å². The molecule has 0 atom stereocenters. The topological polar surface area (TPSA) is 70.4 Å². The van der Waals surface area contributed by atoms with Crippen LogP contribution in [0.5, 0.6) is 5.75 Å². The maximum Gasteiger partial charge on any atom is 0.338 e. The van der Waals surface area contributed by atoms with Crippen molar-refractivity contribution in [1.29, 1.82) is 0 Å². The largest absolute Gasteiger partial charge is 0.490 e. The summed E-state index contributed by atoms with van der Waals surface area (Å²) in [5.41, 5.74) is 0.894. The number of nitrogens with zero attached hydrogens (tertiary/aromatic N) is 2. The fourth-order valence-corrected chi connectivity index (χ4v) is 3.72. The second kappa shape index (κ2) is 8.78. The average Bonchev–Trinajstić information content (AvgIpc) is 2.98. The Bertz CT molecular complexity index is 1090. The average molecular weight is 457 g/mol. The number of aromatic nitrogens is 2. The van der Waals surface area contributed by atoms with Crippen molar-refractivity contribution in [3.05, 3.63) is 68.7 Å². The van der Waals surface area contributed by atoms with E-state index in [1.165, 1.54) is 0 Å². The number of carbonyl (C=O) groups excluding carboxylic acids is 1. The maximum atomic E-state index is 12.8. The normalized spacial score (nSPS) is 13.6. The molecule has 0 bridgehead atoms. The lowest BCUT2D eigenvalue weighted by Gasteiger charge is -2.11. The van der Waals surface area contributed by atoms with Gasteiger partial charge in [0.05, 0.1) is 16.5 Å². The molecule has 0 saturated heterocycles. The lowest BCUT2D eigenvalue weighted by molar-refractivity contribution is 0.0450. The lowest BCUT2D eigenvalue weighted by Crippen LogP contribution is -2.24. The highest BCUT2D eigenvalue weighted by Crippen LogP contribution is 2.18. The van der Waals surface area contributed by atoms with Crippen LogP contribution in [0.4, 0.5) is 0 Å². The highest BCUT2D eigenvalue weighted by molar-refractivity contribution is 9.10. The number of rotatable bonds is 5. The summed E-state index contributed by atoms with van der Waals surface area (Å²) in [4.78, 5) is 29.8. The molecule has 4 rings (SSSR count). The summed E-state index contributed by atoms with van der Waals surface area (Å²) in [6.45, 7) is 1.10. The van der Waals surface area contributed by atoms with Gasteiger partial charge in [-0.3, -0.25) is 9.36 Å². The summed E-state index contributed by atoms with van der Waals surface area (Å²) in [6.07, 6.45) is 3.90. The first-order valence-electron chi connectivity index (χ1n) is 9.71. The molecule has 0 unspecified atom stereocenters. The standard InChI is InChI=1S/C22H21BrN2O4/c23-16-6-8-17(9-7-16)28-12-13-29-22(27)15-5-10-18-19(14-15)24-20-4-2-1-3-11-25(20)21(18)26/h5-10,14H,1-4,11-13H2. The fraction of sp³-hybridized carbons (Fsp3) is 0.318. The number of aryl methyl sites for hydroxylation is 1. The van der Waals surface area contributed by atoms with Crippen LogP contribution in [0, 0.1) is 0 Å². The molecule has 0 spiro atoms. The summed E-state index contributed by atoms with van der Waals surface area (Å²) in [5, 5.41) is 0.533. The number of ether oxygens (including phenoxy) is 2. The number of esters is 1. The molecular weight excluding hydrogens is 436 g/mol. The van der Waals surface area contributed by atoms with Crippen LogP contribution in [0.2, 0.25) is 0 Å². The Morgan fingerprint density at radius 1 is 1.07 bits per heavy atom. The van der Waals surface area contributed by atoms with Crippen LogP contribution in [-0.2, 0) is 17.7 Å². The highest BCUT2D eigenvalue weighted by Gasteiger charge is 2.15. The summed E-state index contributed by atoms with van der Waals surface area (Å²) in [5.74, 6) is 1.05. The van der Waals surface area contributed by atoms with E-state index < -0.39 is 5.97 Å². The molecule has 2 heterocycles. The Balaban J connectivity index is 1.43. The molecule has 0 fully saturated rings. The zero-order valence-electron chi connectivity index (χ0n) is 15.9. The molecule has 0 aliphatic carbocycles. The van der Waals surface area contributed by atoms with Gasteiger partial charge in [0.1, 0.15) is 24.8 Å². The number of fused-ring (bicyclic) bond motifs is 2. The molecule has 2 aromatic carbocycles. The minimum atomic E-state index is -0.455. The van der Waals surface area contributed by atoms with E-state index >= 15 is 0 Å². The highest BCUT2D eigenvalue weighted by atomic mass is 79.9. The third kappa shape index (κ3) is 4.50. The van der Waals surface area contributed by atoms with Crippen molar-refractivity contribution in [3.63, 3.8) is 0 Å². The van der Waals surface area contributed by atoms with Gasteiger partial charge in [-0.25, -0.2) is 9.78 Å². The molecule has 1 aliphatic rings. The molecule has 6 nitrogen and oxygen atoms in total. The molecule has 1 aromatic heterocycles. The summed E-state index contributed by atoms with van der Waals surface area (Å²) >= 11 is 3.37. The van der Waals surface area contributed by atoms with Gasteiger partial charge in [0.2, 0.25) is 0 Å². The van der Waals surface area contributed by atoms with Gasteiger partial charge in [-0.2, -0.15) is 0 Å². The molecule has 3 aromatic rings. The molecule has 0 radical (unpaired) electrons. The van der Waals surface area contributed by atoms with E-state index in [4.69, 9.17) is 9.47 Å². The van der Waals surface area contributed by atoms with E-state index in [0.717, 1.165) is 36.0 Å². The zero-order chi connectivity index (χ0) is 20.2. The van der Waals surface area contributed by atoms with Gasteiger partial charge in [-0.15, -0.1) is 0 Å². The van der Waals surface area contributed by atoms with E-state index in [0.29, 0.717) is 28.8 Å². The van der Waals surface area contributed by atoms with Gasteiger partial charge in [0, 0.05) is 17.4 Å². The quantitative estimate of drug-likeness (QED) is 0.426. The third-order valence-electron chi connectivity index (χ3n) is 4.95. The van der Waals surface area contributed by atoms with Crippen molar-refractivity contribution in [1.82, 2.24) is 9.55 Å². The van der Waals surface area contributed by atoms with E-state index in [9.17, 15) is 9.59 Å². The van der Waals surface area contributed by atoms with Crippen molar-refractivity contribution in [2.45, 2.75) is 32.2 Å². The Morgan fingerprint density at radius 2 is 1.90 bits per heavy atom.